The van der Waals surface area contributed by atoms with E-state index >= 15 is 0 Å². The van der Waals surface area contributed by atoms with Crippen LogP contribution >= 0.6 is 0 Å². The second-order valence-corrected chi connectivity index (χ2v) is 2.50. The fraction of sp³-hybridized carbons (Fsp3) is 0.250. The summed E-state index contributed by atoms with van der Waals surface area (Å²) < 4.78 is 0. The van der Waals surface area contributed by atoms with Gasteiger partial charge in [-0.3, -0.25) is 0 Å². The highest BCUT2D eigenvalue weighted by atomic mass is 16.3. The number of nitrogens with one attached hydrogen (secondary N) is 1. The van der Waals surface area contributed by atoms with Crippen molar-refractivity contribution in [1.29, 1.82) is 0 Å². The van der Waals surface area contributed by atoms with Crippen LogP contribution in [0.5, 0.6) is 0 Å². The zero-order valence-electron chi connectivity index (χ0n) is 6.90. The van der Waals surface area contributed by atoms with Crippen LogP contribution in [0, 0.1) is 4.91 Å². The maximum Gasteiger partial charge on any atom is 0.0686 e. The number of anilines is 1. The molecule has 1 aromatic carbocycles. The minimum Gasteiger partial charge on any atom is -0.392 e. The zero-order chi connectivity index (χ0) is 9.68. The van der Waals surface area contributed by atoms with Crippen LogP contribution in [0.25, 0.3) is 0 Å². The van der Waals surface area contributed by atoms with Crippen molar-refractivity contribution in [2.45, 2.75) is 13.2 Å². The third kappa shape index (κ3) is 2.24. The van der Waals surface area contributed by atoms with Crippen LogP contribution in [-0.2, 0) is 13.2 Å². The summed E-state index contributed by atoms with van der Waals surface area (Å²) in [6.45, 7) is -0.311. The number of rotatable bonds is 4. The van der Waals surface area contributed by atoms with Gasteiger partial charge in [0.1, 0.15) is 0 Å². The molecular weight excluding hydrogens is 172 g/mol. The van der Waals surface area contributed by atoms with Gasteiger partial charge in [-0.05, 0) is 23.3 Å². The third-order valence-electron chi connectivity index (χ3n) is 1.72. The van der Waals surface area contributed by atoms with Crippen molar-refractivity contribution in [1.82, 2.24) is 0 Å². The molecule has 0 atom stereocenters. The molecular formula is C8H10N2O3. The van der Waals surface area contributed by atoms with Crippen LogP contribution < -0.4 is 5.43 Å². The summed E-state index contributed by atoms with van der Waals surface area (Å²) >= 11 is 0. The number of nitrogens with zero attached hydrogens (tertiary/aromatic N) is 1. The van der Waals surface area contributed by atoms with Gasteiger partial charge in [-0.25, -0.2) is 5.43 Å². The Bertz CT molecular complexity index is 301. The monoisotopic (exact) mass is 182 g/mol. The molecule has 5 heteroatoms. The van der Waals surface area contributed by atoms with Gasteiger partial charge in [0.15, 0.2) is 0 Å². The molecule has 0 heterocycles. The lowest BCUT2D eigenvalue weighted by molar-refractivity contribution is 0.260. The van der Waals surface area contributed by atoms with Gasteiger partial charge in [0.2, 0.25) is 0 Å². The SMILES string of the molecule is O=NNc1ccc(CO)c(CO)c1. The van der Waals surface area contributed by atoms with E-state index in [2.05, 4.69) is 10.7 Å². The maximum atomic E-state index is 9.86. The normalized spacial score (nSPS) is 9.69. The Labute approximate surface area is 75.0 Å². The first-order valence-corrected chi connectivity index (χ1v) is 3.73. The predicted molar refractivity (Wildman–Crippen MR) is 47.7 cm³/mol. The molecule has 1 aromatic rings. The molecule has 1 rings (SSSR count). The summed E-state index contributed by atoms with van der Waals surface area (Å²) in [5.74, 6) is 0. The molecule has 5 nitrogen and oxygen atoms in total. The van der Waals surface area contributed by atoms with Gasteiger partial charge < -0.3 is 10.2 Å². The van der Waals surface area contributed by atoms with Crippen molar-refractivity contribution in [3.8, 4) is 0 Å². The quantitative estimate of drug-likeness (QED) is 0.474. The van der Waals surface area contributed by atoms with E-state index in [0.29, 0.717) is 16.8 Å². The number of nitroso groups, excluding NO2 is 1. The average Bonchev–Trinajstić information content (AvgIpc) is 2.18. The van der Waals surface area contributed by atoms with E-state index in [0.717, 1.165) is 0 Å². The molecule has 70 valence electrons. The molecule has 0 saturated carbocycles. The molecule has 0 amide bonds. The van der Waals surface area contributed by atoms with Crippen LogP contribution in [0.1, 0.15) is 11.1 Å². The number of aliphatic hydroxyl groups excluding tert-OH is 2. The number of hydrogen-bond donors (Lipinski definition) is 3. The first kappa shape index (κ1) is 9.63. The summed E-state index contributed by atoms with van der Waals surface area (Å²) in [6, 6.07) is 4.79. The van der Waals surface area contributed by atoms with Gasteiger partial charge in [0.05, 0.1) is 24.2 Å². The summed E-state index contributed by atoms with van der Waals surface area (Å²) in [6.07, 6.45) is 0. The van der Waals surface area contributed by atoms with Gasteiger partial charge >= 0.3 is 0 Å². The van der Waals surface area contributed by atoms with Crippen LogP contribution in [0.3, 0.4) is 0 Å². The highest BCUT2D eigenvalue weighted by Crippen LogP contribution is 2.16. The molecule has 0 aliphatic carbocycles. The summed E-state index contributed by atoms with van der Waals surface area (Å²) in [4.78, 5) is 9.86. The fourth-order valence-electron chi connectivity index (χ4n) is 1.05. The van der Waals surface area contributed by atoms with E-state index in [4.69, 9.17) is 10.2 Å². The number of aliphatic hydroxyl groups is 2. The second kappa shape index (κ2) is 4.54. The Morgan fingerprint density at radius 2 is 1.92 bits per heavy atom. The van der Waals surface area contributed by atoms with E-state index in [1.807, 2.05) is 0 Å². The molecule has 0 spiro atoms. The molecule has 0 fully saturated rings. The number of hydrogen-bond acceptors (Lipinski definition) is 4. The van der Waals surface area contributed by atoms with E-state index < -0.39 is 0 Å². The van der Waals surface area contributed by atoms with E-state index in [9.17, 15) is 4.91 Å². The Morgan fingerprint density at radius 3 is 2.46 bits per heavy atom. The van der Waals surface area contributed by atoms with Gasteiger partial charge in [-0.1, -0.05) is 6.07 Å². The molecule has 13 heavy (non-hydrogen) atoms. The predicted octanol–water partition coefficient (Wildman–Crippen LogP) is 0.764. The molecule has 0 aliphatic heterocycles. The van der Waals surface area contributed by atoms with Crippen molar-refractivity contribution in [2.75, 3.05) is 5.43 Å². The highest BCUT2D eigenvalue weighted by molar-refractivity contribution is 5.47. The number of benzene rings is 1. The minimum atomic E-state index is -0.176. The van der Waals surface area contributed by atoms with Crippen molar-refractivity contribution in [3.05, 3.63) is 34.2 Å². The minimum absolute atomic E-state index is 0.134. The largest absolute Gasteiger partial charge is 0.392 e. The van der Waals surface area contributed by atoms with Gasteiger partial charge in [-0.15, -0.1) is 4.91 Å². The van der Waals surface area contributed by atoms with Gasteiger partial charge in [0.25, 0.3) is 0 Å². The fourth-order valence-corrected chi connectivity index (χ4v) is 1.05. The lowest BCUT2D eigenvalue weighted by atomic mass is 10.1. The second-order valence-electron chi connectivity index (χ2n) is 2.50. The molecule has 0 saturated heterocycles. The summed E-state index contributed by atoms with van der Waals surface area (Å²) in [5.41, 5.74) is 3.92. The van der Waals surface area contributed by atoms with Gasteiger partial charge in [0, 0.05) is 0 Å². The van der Waals surface area contributed by atoms with Crippen molar-refractivity contribution >= 4 is 5.69 Å². The molecule has 0 bridgehead atoms. The lowest BCUT2D eigenvalue weighted by Crippen LogP contribution is -1.96. The van der Waals surface area contributed by atoms with Crippen LogP contribution in [-0.4, -0.2) is 10.2 Å². The van der Waals surface area contributed by atoms with Gasteiger partial charge in [-0.2, -0.15) is 0 Å². The zero-order valence-corrected chi connectivity index (χ0v) is 6.90. The van der Waals surface area contributed by atoms with Crippen LogP contribution in [0.4, 0.5) is 5.69 Å². The van der Waals surface area contributed by atoms with Crippen molar-refractivity contribution < 1.29 is 10.2 Å². The Hall–Kier alpha value is -1.46. The summed E-state index contributed by atoms with van der Waals surface area (Å²) in [5, 5.41) is 20.2. The summed E-state index contributed by atoms with van der Waals surface area (Å²) in [7, 11) is 0. The van der Waals surface area contributed by atoms with Crippen LogP contribution in [0.15, 0.2) is 23.5 Å². The molecule has 3 N–H and O–H groups in total. The van der Waals surface area contributed by atoms with Crippen molar-refractivity contribution in [2.24, 2.45) is 5.29 Å². The Balaban J connectivity index is 2.98. The van der Waals surface area contributed by atoms with E-state index in [-0.39, 0.29) is 13.2 Å². The smallest absolute Gasteiger partial charge is 0.0686 e. The lowest BCUT2D eigenvalue weighted by Gasteiger charge is -2.05. The third-order valence-corrected chi connectivity index (χ3v) is 1.72. The molecule has 0 aromatic heterocycles. The van der Waals surface area contributed by atoms with E-state index in [1.54, 1.807) is 18.2 Å². The molecule has 0 unspecified atom stereocenters. The standard InChI is InChI=1S/C8H10N2O3/c11-4-6-1-2-8(9-10-13)3-7(6)5-12/h1-3,11-12H,4-5H2,(H,9,13). The average molecular weight is 182 g/mol. The maximum absolute atomic E-state index is 9.86. The Kier molecular flexibility index (Phi) is 3.36. The topological polar surface area (TPSA) is 81.9 Å². The van der Waals surface area contributed by atoms with Crippen LogP contribution in [0.2, 0.25) is 0 Å². The first-order chi connectivity index (χ1) is 6.31. The van der Waals surface area contributed by atoms with E-state index in [1.165, 1.54) is 0 Å². The first-order valence-electron chi connectivity index (χ1n) is 3.73. The molecule has 0 radical (unpaired) electrons. The highest BCUT2D eigenvalue weighted by Gasteiger charge is 2.01. The van der Waals surface area contributed by atoms with Crippen molar-refractivity contribution in [3.63, 3.8) is 0 Å². The molecule has 0 aliphatic rings. The Morgan fingerprint density at radius 1 is 1.23 bits per heavy atom.